The molecule has 1 spiro atoms. The molecule has 0 radical (unpaired) electrons. The second-order valence-electron chi connectivity index (χ2n) is 29.4. The second-order valence-corrected chi connectivity index (χ2v) is 29.4. The molecule has 0 N–H and O–H groups in total. The summed E-state index contributed by atoms with van der Waals surface area (Å²) in [5.74, 6) is -20.8. The smallest absolute Gasteiger partial charge is 0.200 e. The molecule has 4 aliphatic carbocycles. The summed E-state index contributed by atoms with van der Waals surface area (Å²) in [7, 11) is 0. The predicted molar refractivity (Wildman–Crippen MR) is 437 cm³/mol. The Hall–Kier alpha value is -14.1. The zero-order valence-corrected chi connectivity index (χ0v) is 60.9. The third kappa shape index (κ3) is 9.97. The van der Waals surface area contributed by atoms with Crippen LogP contribution in [0.2, 0.25) is 0 Å². The topological polar surface area (TPSA) is 6.48 Å². The SMILES string of the molecule is C=Cc1ccc(C2(c3c(F)c(F)c(F)c(F)c3F)c3ccccc3-c3ccc(N(c4ccc(-c5ccccc5)cc4)c4ccc5c(c4)C4(c6ccccc6-c6ccccc64)c4cc(N(c6ccc(-c7ccccc7)cc6)c6ccc7c(c6)C(c6ccc(C=C)cc6)(c6c(F)c(F)c(F)c(F)c6F)c6ccccc6-7)ccc4-5)cc32)cc1. The molecule has 4 aliphatic rings. The van der Waals surface area contributed by atoms with Crippen LogP contribution in [0.5, 0.6) is 0 Å². The van der Waals surface area contributed by atoms with E-state index in [0.29, 0.717) is 78.6 Å². The molecule has 0 saturated carbocycles. The molecular formula is C103H60F10N2. The van der Waals surface area contributed by atoms with E-state index in [-0.39, 0.29) is 22.3 Å². The van der Waals surface area contributed by atoms with Crippen molar-refractivity contribution in [2.45, 2.75) is 16.2 Å². The van der Waals surface area contributed by atoms with Crippen LogP contribution in [0, 0.1) is 58.2 Å². The van der Waals surface area contributed by atoms with E-state index in [2.05, 4.69) is 61.7 Å². The second kappa shape index (κ2) is 26.5. The lowest BCUT2D eigenvalue weighted by molar-refractivity contribution is 0.363. The fraction of sp³-hybridized carbons (Fsp3) is 0.0291. The number of rotatable bonds is 14. The number of nitrogens with zero attached hydrogens (tertiary/aromatic N) is 2. The first-order chi connectivity index (χ1) is 56.1. The Bertz CT molecular complexity index is 6290. The van der Waals surface area contributed by atoms with Crippen LogP contribution in [0.1, 0.15) is 77.9 Å². The van der Waals surface area contributed by atoms with Gasteiger partial charge in [0.05, 0.1) is 16.2 Å². The van der Waals surface area contributed by atoms with Gasteiger partial charge < -0.3 is 9.80 Å². The average molecular weight is 1520 g/mol. The fourth-order valence-electron chi connectivity index (χ4n) is 19.0. The Morgan fingerprint density at radius 3 is 0.713 bits per heavy atom. The number of benzene rings is 16. The largest absolute Gasteiger partial charge is 0.310 e. The van der Waals surface area contributed by atoms with Crippen LogP contribution in [0.25, 0.3) is 78.9 Å². The Labute approximate surface area is 656 Å². The van der Waals surface area contributed by atoms with Crippen LogP contribution in [0.15, 0.2) is 341 Å². The molecule has 2 unspecified atom stereocenters. The molecule has 16 aromatic carbocycles. The maximum atomic E-state index is 17.5. The van der Waals surface area contributed by atoms with E-state index in [1.165, 1.54) is 0 Å². The molecule has 0 heterocycles. The minimum Gasteiger partial charge on any atom is -0.310 e. The lowest BCUT2D eigenvalue weighted by atomic mass is 9.67. The fourth-order valence-corrected chi connectivity index (χ4v) is 19.0. The van der Waals surface area contributed by atoms with Crippen molar-refractivity contribution in [3.63, 3.8) is 0 Å². The lowest BCUT2D eigenvalue weighted by Crippen LogP contribution is -2.33. The Morgan fingerprint density at radius 1 is 0.200 bits per heavy atom. The Morgan fingerprint density at radius 2 is 0.426 bits per heavy atom. The van der Waals surface area contributed by atoms with Gasteiger partial charge in [0.15, 0.2) is 46.5 Å². The normalized spacial score (nSPS) is 15.3. The van der Waals surface area contributed by atoms with Crippen molar-refractivity contribution in [1.29, 1.82) is 0 Å². The number of halogens is 10. The summed E-state index contributed by atoms with van der Waals surface area (Å²) in [5.41, 5.74) is 11.9. The molecule has 0 aromatic heterocycles. The maximum absolute atomic E-state index is 17.5. The highest BCUT2D eigenvalue weighted by molar-refractivity contribution is 5.99. The summed E-state index contributed by atoms with van der Waals surface area (Å²) in [4.78, 5) is 4.09. The third-order valence-electron chi connectivity index (χ3n) is 23.9. The van der Waals surface area contributed by atoms with E-state index >= 15 is 43.9 Å². The van der Waals surface area contributed by atoms with Gasteiger partial charge in [-0.25, -0.2) is 43.9 Å². The number of hydrogen-bond acceptors (Lipinski definition) is 2. The van der Waals surface area contributed by atoms with Gasteiger partial charge >= 0.3 is 0 Å². The van der Waals surface area contributed by atoms with Gasteiger partial charge in [0.1, 0.15) is 0 Å². The van der Waals surface area contributed by atoms with Crippen molar-refractivity contribution in [3.8, 4) is 66.8 Å². The highest BCUT2D eigenvalue weighted by atomic mass is 19.2. The molecule has 20 rings (SSSR count). The summed E-state index contributed by atoms with van der Waals surface area (Å²) < 4.78 is 166. The molecule has 16 aromatic rings. The van der Waals surface area contributed by atoms with Gasteiger partial charge in [0.2, 0.25) is 11.6 Å². The van der Waals surface area contributed by atoms with Crippen LogP contribution in [0.4, 0.5) is 78.0 Å². The van der Waals surface area contributed by atoms with Gasteiger partial charge in [-0.1, -0.05) is 280 Å². The van der Waals surface area contributed by atoms with Crippen LogP contribution < -0.4 is 9.80 Å². The molecule has 552 valence electrons. The molecular weight excluding hydrogens is 1460 g/mol. The Balaban J connectivity index is 0.830. The van der Waals surface area contributed by atoms with E-state index in [1.807, 2.05) is 180 Å². The summed E-state index contributed by atoms with van der Waals surface area (Å²) in [6.07, 6.45) is 3.20. The number of hydrogen-bond donors (Lipinski definition) is 0. The van der Waals surface area contributed by atoms with E-state index < -0.39 is 85.5 Å². The summed E-state index contributed by atoms with van der Waals surface area (Å²) in [6, 6.07) is 103. The van der Waals surface area contributed by atoms with Crippen molar-refractivity contribution in [3.05, 3.63) is 477 Å². The highest BCUT2D eigenvalue weighted by Crippen LogP contribution is 2.66. The predicted octanol–water partition coefficient (Wildman–Crippen LogP) is 27.7. The van der Waals surface area contributed by atoms with Crippen LogP contribution in [-0.2, 0) is 16.2 Å². The molecule has 0 bridgehead atoms. The van der Waals surface area contributed by atoms with E-state index in [0.717, 1.165) is 66.8 Å². The van der Waals surface area contributed by atoms with E-state index in [9.17, 15) is 0 Å². The first-order valence-electron chi connectivity index (χ1n) is 37.5. The molecule has 0 saturated heterocycles. The van der Waals surface area contributed by atoms with Crippen molar-refractivity contribution < 1.29 is 43.9 Å². The Kier molecular flexibility index (Phi) is 16.2. The zero-order valence-electron chi connectivity index (χ0n) is 60.9. The van der Waals surface area contributed by atoms with Crippen LogP contribution in [-0.4, -0.2) is 0 Å². The highest BCUT2D eigenvalue weighted by Gasteiger charge is 2.56. The van der Waals surface area contributed by atoms with E-state index in [4.69, 9.17) is 0 Å². The van der Waals surface area contributed by atoms with Gasteiger partial charge in [-0.3, -0.25) is 0 Å². The lowest BCUT2D eigenvalue weighted by Gasteiger charge is -2.36. The van der Waals surface area contributed by atoms with Gasteiger partial charge in [-0.15, -0.1) is 0 Å². The summed E-state index contributed by atoms with van der Waals surface area (Å²) >= 11 is 0. The molecule has 115 heavy (non-hydrogen) atoms. The average Bonchev–Trinajstić information content (AvgIpc) is 1.52. The molecule has 2 nitrogen and oxygen atoms in total. The van der Waals surface area contributed by atoms with Crippen molar-refractivity contribution in [2.75, 3.05) is 9.80 Å². The first kappa shape index (κ1) is 70.0. The first-order valence-corrected chi connectivity index (χ1v) is 37.5. The van der Waals surface area contributed by atoms with Gasteiger partial charge in [0, 0.05) is 45.3 Å². The van der Waals surface area contributed by atoms with Crippen molar-refractivity contribution >= 4 is 46.3 Å². The molecule has 0 fully saturated rings. The van der Waals surface area contributed by atoms with Crippen molar-refractivity contribution in [1.82, 2.24) is 0 Å². The van der Waals surface area contributed by atoms with Crippen LogP contribution >= 0.6 is 0 Å². The third-order valence-corrected chi connectivity index (χ3v) is 23.9. The quantitative estimate of drug-likeness (QED) is 0.0608. The summed E-state index contributed by atoms with van der Waals surface area (Å²) in [5, 5.41) is 0. The zero-order chi connectivity index (χ0) is 78.5. The monoisotopic (exact) mass is 1510 g/mol. The maximum Gasteiger partial charge on any atom is 0.200 e. The van der Waals surface area contributed by atoms with Crippen molar-refractivity contribution in [2.24, 2.45) is 0 Å². The number of anilines is 6. The van der Waals surface area contributed by atoms with Gasteiger partial charge in [-0.05, 0) is 206 Å². The minimum absolute atomic E-state index is 0.232. The van der Waals surface area contributed by atoms with Gasteiger partial charge in [-0.2, -0.15) is 0 Å². The molecule has 0 aliphatic heterocycles. The minimum atomic E-state index is -2.28. The van der Waals surface area contributed by atoms with Gasteiger partial charge in [0.25, 0.3) is 0 Å². The molecule has 0 amide bonds. The number of fused-ring (bicyclic) bond motifs is 16. The summed E-state index contributed by atoms with van der Waals surface area (Å²) in [6.45, 7) is 7.87. The molecule has 12 heteroatoms. The standard InChI is InChI=1S/C103H60F10N2/c1-3-59-31-39-65(40-32-59)101(89-91(104)95(108)99(112)96(109)92(89)105)81-27-15-11-25-75(81)77-51-47-69(55-85(77)101)114(67-43-35-63(36-44-67)61-19-7-5-8-20-61)71-49-53-79-80-54-50-72(58-88(80)103(87(79)57-71)83-29-17-13-23-73(83)74-24-14-18-30-84(74)103)115(68-45-37-64(38-46-68)62-21-9-6-10-22-62)70-48-52-78-76-26-12-16-28-82(76)102(86(78)56-70,66-41-33-60(4-2)34-42-66)90-93(106)97(110)100(113)98(111)94(90)107/h3-58H,1-2H2. The van der Waals surface area contributed by atoms with Crippen LogP contribution in [0.3, 0.4) is 0 Å². The molecule has 2 atom stereocenters. The van der Waals surface area contributed by atoms with E-state index in [1.54, 1.807) is 121 Å².